The van der Waals surface area contributed by atoms with E-state index < -0.39 is 0 Å². The van der Waals surface area contributed by atoms with Gasteiger partial charge >= 0.3 is 0 Å². The fraction of sp³-hybridized carbons (Fsp3) is 0. The Hall–Kier alpha value is -1.75. The molecule has 0 radical (unpaired) electrons. The largest absolute Gasteiger partial charge is 0.259 e. The van der Waals surface area contributed by atoms with Crippen molar-refractivity contribution in [2.45, 2.75) is 0 Å². The smallest absolute Gasteiger partial charge is 0.143 e. The maximum Gasteiger partial charge on any atom is 0.143 e. The van der Waals surface area contributed by atoms with Crippen LogP contribution < -0.4 is 0 Å². The average Bonchev–Trinajstić information content (AvgIpc) is 2.74. The molecule has 0 aliphatic carbocycles. The Morgan fingerprint density at radius 1 is 1.24 bits per heavy atom. The van der Waals surface area contributed by atoms with Gasteiger partial charge in [-0.1, -0.05) is 22.0 Å². The third-order valence-electron chi connectivity index (χ3n) is 2.45. The average molecular weight is 292 g/mol. The van der Waals surface area contributed by atoms with Crippen LogP contribution in [0, 0.1) is 5.82 Å². The second kappa shape index (κ2) is 3.92. The summed E-state index contributed by atoms with van der Waals surface area (Å²) in [6.07, 6.45) is 4.58. The highest BCUT2D eigenvalue weighted by Crippen LogP contribution is 2.23. The molecule has 0 fully saturated rings. The molecule has 3 aromatic rings. The van der Waals surface area contributed by atoms with Crippen LogP contribution in [0.3, 0.4) is 0 Å². The van der Waals surface area contributed by atoms with Gasteiger partial charge in [-0.05, 0) is 12.1 Å². The lowest BCUT2D eigenvalue weighted by atomic mass is 10.3. The van der Waals surface area contributed by atoms with Crippen molar-refractivity contribution < 1.29 is 4.39 Å². The maximum atomic E-state index is 13.1. The number of pyridine rings is 1. The molecule has 0 bridgehead atoms. The van der Waals surface area contributed by atoms with Gasteiger partial charge in [0.1, 0.15) is 5.82 Å². The molecule has 0 N–H and O–H groups in total. The zero-order valence-electron chi connectivity index (χ0n) is 8.64. The normalized spacial score (nSPS) is 10.9. The zero-order chi connectivity index (χ0) is 11.8. The Morgan fingerprint density at radius 3 is 2.88 bits per heavy atom. The lowest BCUT2D eigenvalue weighted by molar-refractivity contribution is 0.618. The molecule has 0 atom stereocenters. The van der Waals surface area contributed by atoms with Crippen molar-refractivity contribution in [1.29, 1.82) is 0 Å². The van der Waals surface area contributed by atoms with Gasteiger partial charge in [-0.25, -0.2) is 9.07 Å². The minimum atomic E-state index is -0.374. The summed E-state index contributed by atoms with van der Waals surface area (Å²) in [5, 5.41) is 5.35. The van der Waals surface area contributed by atoms with Crippen molar-refractivity contribution in [3.8, 4) is 5.69 Å². The van der Waals surface area contributed by atoms with E-state index in [0.29, 0.717) is 5.69 Å². The summed E-state index contributed by atoms with van der Waals surface area (Å²) >= 11 is 3.45. The third-order valence-corrected chi connectivity index (χ3v) is 3.14. The van der Waals surface area contributed by atoms with Gasteiger partial charge in [-0.2, -0.15) is 5.10 Å². The maximum absolute atomic E-state index is 13.1. The molecule has 0 unspecified atom stereocenters. The van der Waals surface area contributed by atoms with Gasteiger partial charge in [0.15, 0.2) is 0 Å². The summed E-state index contributed by atoms with van der Waals surface area (Å²) < 4.78 is 15.7. The highest BCUT2D eigenvalue weighted by molar-refractivity contribution is 9.10. The summed E-state index contributed by atoms with van der Waals surface area (Å²) in [5.74, 6) is -0.374. The van der Waals surface area contributed by atoms with Crippen molar-refractivity contribution >= 4 is 26.8 Å². The predicted octanol–water partition coefficient (Wildman–Crippen LogP) is 3.32. The molecule has 17 heavy (non-hydrogen) atoms. The fourth-order valence-electron chi connectivity index (χ4n) is 1.67. The summed E-state index contributed by atoms with van der Waals surface area (Å²) in [6.45, 7) is 0. The molecule has 2 heterocycles. The van der Waals surface area contributed by atoms with Crippen LogP contribution in [0.4, 0.5) is 4.39 Å². The SMILES string of the molecule is Fc1cncc(-n2cc3c(Br)cccc3n2)c1. The van der Waals surface area contributed by atoms with E-state index in [1.807, 2.05) is 24.4 Å². The van der Waals surface area contributed by atoms with Crippen molar-refractivity contribution in [2.75, 3.05) is 0 Å². The first-order valence-electron chi connectivity index (χ1n) is 4.99. The third kappa shape index (κ3) is 1.82. The lowest BCUT2D eigenvalue weighted by Gasteiger charge is -1.98. The number of aromatic nitrogens is 3. The van der Waals surface area contributed by atoms with E-state index in [1.54, 1.807) is 10.9 Å². The predicted molar refractivity (Wildman–Crippen MR) is 66.5 cm³/mol. The van der Waals surface area contributed by atoms with Crippen LogP contribution in [0.25, 0.3) is 16.6 Å². The zero-order valence-corrected chi connectivity index (χ0v) is 10.2. The number of hydrogen-bond donors (Lipinski definition) is 0. The van der Waals surface area contributed by atoms with Crippen molar-refractivity contribution in [2.24, 2.45) is 0 Å². The van der Waals surface area contributed by atoms with E-state index in [4.69, 9.17) is 0 Å². The van der Waals surface area contributed by atoms with Crippen molar-refractivity contribution in [1.82, 2.24) is 14.8 Å². The molecule has 84 valence electrons. The quantitative estimate of drug-likeness (QED) is 0.689. The van der Waals surface area contributed by atoms with Gasteiger partial charge < -0.3 is 0 Å². The van der Waals surface area contributed by atoms with E-state index >= 15 is 0 Å². The minimum Gasteiger partial charge on any atom is -0.259 e. The first-order chi connectivity index (χ1) is 8.24. The van der Waals surface area contributed by atoms with Crippen LogP contribution in [0.15, 0.2) is 47.3 Å². The Morgan fingerprint density at radius 2 is 2.12 bits per heavy atom. The van der Waals surface area contributed by atoms with Gasteiger partial charge in [0.25, 0.3) is 0 Å². The Bertz CT molecular complexity index is 693. The molecular weight excluding hydrogens is 285 g/mol. The van der Waals surface area contributed by atoms with Crippen molar-refractivity contribution in [3.05, 3.63) is 53.1 Å². The number of nitrogens with zero attached hydrogens (tertiary/aromatic N) is 3. The number of hydrogen-bond acceptors (Lipinski definition) is 2. The number of halogens is 2. The monoisotopic (exact) mass is 291 g/mol. The van der Waals surface area contributed by atoms with Crippen LogP contribution in [0.1, 0.15) is 0 Å². The standard InChI is InChI=1S/C12H7BrFN3/c13-11-2-1-3-12-10(11)7-17(16-12)9-4-8(14)5-15-6-9/h1-7H. The first kappa shape index (κ1) is 10.4. The fourth-order valence-corrected chi connectivity index (χ4v) is 2.12. The molecule has 0 spiro atoms. The molecule has 2 aromatic heterocycles. The summed E-state index contributed by atoms with van der Waals surface area (Å²) in [4.78, 5) is 3.81. The number of fused-ring (bicyclic) bond motifs is 1. The van der Waals surface area contributed by atoms with E-state index in [-0.39, 0.29) is 5.82 Å². The highest BCUT2D eigenvalue weighted by Gasteiger charge is 2.06. The molecule has 1 aromatic carbocycles. The van der Waals surface area contributed by atoms with Crippen molar-refractivity contribution in [3.63, 3.8) is 0 Å². The molecule has 0 aliphatic rings. The van der Waals surface area contributed by atoms with Crippen LogP contribution in [0.2, 0.25) is 0 Å². The van der Waals surface area contributed by atoms with Gasteiger partial charge in [0, 0.05) is 22.1 Å². The molecule has 0 amide bonds. The minimum absolute atomic E-state index is 0.374. The van der Waals surface area contributed by atoms with Gasteiger partial charge in [0.05, 0.1) is 23.6 Å². The lowest BCUT2D eigenvalue weighted by Crippen LogP contribution is -1.95. The van der Waals surface area contributed by atoms with Crippen LogP contribution in [-0.2, 0) is 0 Å². The summed E-state index contributed by atoms with van der Waals surface area (Å²) in [5.41, 5.74) is 1.46. The van der Waals surface area contributed by atoms with E-state index in [1.165, 1.54) is 12.3 Å². The second-order valence-electron chi connectivity index (χ2n) is 3.61. The van der Waals surface area contributed by atoms with Gasteiger partial charge in [0.2, 0.25) is 0 Å². The van der Waals surface area contributed by atoms with Gasteiger partial charge in [-0.15, -0.1) is 0 Å². The summed E-state index contributed by atoms with van der Waals surface area (Å²) in [7, 11) is 0. The van der Waals surface area contributed by atoms with Crippen LogP contribution in [0.5, 0.6) is 0 Å². The van der Waals surface area contributed by atoms with Crippen LogP contribution in [-0.4, -0.2) is 14.8 Å². The van der Waals surface area contributed by atoms with E-state index in [2.05, 4.69) is 26.0 Å². The molecule has 3 rings (SSSR count). The Balaban J connectivity index is 2.22. The molecule has 3 nitrogen and oxygen atoms in total. The molecule has 0 aliphatic heterocycles. The summed E-state index contributed by atoms with van der Waals surface area (Å²) in [6, 6.07) is 7.15. The first-order valence-corrected chi connectivity index (χ1v) is 5.78. The Labute approximate surface area is 105 Å². The molecular formula is C12H7BrFN3. The topological polar surface area (TPSA) is 30.7 Å². The molecule has 0 saturated carbocycles. The molecule has 0 saturated heterocycles. The van der Waals surface area contributed by atoms with Gasteiger partial charge in [-0.3, -0.25) is 4.98 Å². The number of rotatable bonds is 1. The van der Waals surface area contributed by atoms with E-state index in [0.717, 1.165) is 15.4 Å². The van der Waals surface area contributed by atoms with Crippen LogP contribution >= 0.6 is 15.9 Å². The van der Waals surface area contributed by atoms with E-state index in [9.17, 15) is 4.39 Å². The molecule has 5 heteroatoms. The Kier molecular flexibility index (Phi) is 2.40. The second-order valence-corrected chi connectivity index (χ2v) is 4.46. The number of benzene rings is 1. The highest BCUT2D eigenvalue weighted by atomic mass is 79.9.